The Balaban J connectivity index is 1.81. The zero-order valence-corrected chi connectivity index (χ0v) is 16.3. The average Bonchev–Trinajstić information content (AvgIpc) is 3.07. The van der Waals surface area contributed by atoms with E-state index in [1.807, 2.05) is 6.07 Å². The number of rotatable bonds is 9. The minimum atomic E-state index is -3.14. The highest BCUT2D eigenvalue weighted by Gasteiger charge is 2.19. The molecule has 0 aliphatic carbocycles. The average molecular weight is 396 g/mol. The van der Waals surface area contributed by atoms with E-state index in [0.29, 0.717) is 30.6 Å². The summed E-state index contributed by atoms with van der Waals surface area (Å²) in [4.78, 5) is 13.7. The van der Waals surface area contributed by atoms with E-state index in [9.17, 15) is 17.6 Å². The molecule has 0 aliphatic heterocycles. The van der Waals surface area contributed by atoms with Gasteiger partial charge in [0.05, 0.1) is 17.5 Å². The Kier molecular flexibility index (Phi) is 7.09. The Labute approximate surface area is 158 Å². The maximum absolute atomic E-state index is 13.3. The van der Waals surface area contributed by atoms with E-state index in [1.165, 1.54) is 17.0 Å². The molecule has 0 fully saturated rings. The number of hydrogen-bond acceptors (Lipinski definition) is 5. The molecule has 0 spiro atoms. The first-order valence-corrected chi connectivity index (χ1v) is 10.7. The molecule has 0 saturated heterocycles. The fraction of sp³-hybridized carbons (Fsp3) is 0.444. The highest BCUT2D eigenvalue weighted by Crippen LogP contribution is 2.19. The molecule has 3 N–H and O–H groups in total. The van der Waals surface area contributed by atoms with Crippen LogP contribution in [0.2, 0.25) is 0 Å². The van der Waals surface area contributed by atoms with Gasteiger partial charge in [0.15, 0.2) is 0 Å². The first-order chi connectivity index (χ1) is 12.7. The Morgan fingerprint density at radius 3 is 2.78 bits per heavy atom. The molecule has 2 rings (SSSR count). The van der Waals surface area contributed by atoms with Gasteiger partial charge >= 0.3 is 0 Å². The summed E-state index contributed by atoms with van der Waals surface area (Å²) in [6.45, 7) is 0.486. The lowest BCUT2D eigenvalue weighted by molar-refractivity contribution is -0.131. The fourth-order valence-electron chi connectivity index (χ4n) is 2.65. The van der Waals surface area contributed by atoms with Gasteiger partial charge in [-0.25, -0.2) is 12.8 Å². The number of sulfone groups is 1. The maximum Gasteiger partial charge on any atom is 0.239 e. The van der Waals surface area contributed by atoms with Crippen molar-refractivity contribution in [1.82, 2.24) is 15.1 Å². The van der Waals surface area contributed by atoms with Crippen LogP contribution in [-0.2, 0) is 21.1 Å². The third-order valence-electron chi connectivity index (χ3n) is 4.18. The van der Waals surface area contributed by atoms with Gasteiger partial charge in [0, 0.05) is 31.1 Å². The van der Waals surface area contributed by atoms with Gasteiger partial charge in [0.2, 0.25) is 5.91 Å². The van der Waals surface area contributed by atoms with Crippen LogP contribution in [0.1, 0.15) is 18.5 Å². The molecule has 0 bridgehead atoms. The molecule has 9 heteroatoms. The predicted molar refractivity (Wildman–Crippen MR) is 102 cm³/mol. The molecular formula is C18H25FN4O3S. The number of halogens is 1. The largest absolute Gasteiger partial charge is 0.344 e. The minimum Gasteiger partial charge on any atom is -0.344 e. The highest BCUT2D eigenvalue weighted by molar-refractivity contribution is 7.90. The SMILES string of the molecule is CN(CCCc1cc(-c2cccc(F)c2)n[nH]1)C(=O)C(N)CCS(C)(=O)=O. The number of nitrogens with zero attached hydrogens (tertiary/aromatic N) is 2. The van der Waals surface area contributed by atoms with E-state index < -0.39 is 15.9 Å². The van der Waals surface area contributed by atoms with Crippen molar-refractivity contribution in [2.75, 3.05) is 25.6 Å². The second-order valence-corrected chi connectivity index (χ2v) is 8.94. The van der Waals surface area contributed by atoms with E-state index in [1.54, 1.807) is 19.2 Å². The third-order valence-corrected chi connectivity index (χ3v) is 5.16. The third kappa shape index (κ3) is 6.76. The minimum absolute atomic E-state index is 0.106. The van der Waals surface area contributed by atoms with E-state index in [-0.39, 0.29) is 23.9 Å². The number of carbonyl (C=O) groups excluding carboxylic acids is 1. The van der Waals surface area contributed by atoms with Crippen LogP contribution in [0.25, 0.3) is 11.3 Å². The number of nitrogens with one attached hydrogen (secondary N) is 1. The van der Waals surface area contributed by atoms with E-state index >= 15 is 0 Å². The van der Waals surface area contributed by atoms with E-state index in [2.05, 4.69) is 10.2 Å². The quantitative estimate of drug-likeness (QED) is 0.665. The number of amides is 1. The molecule has 1 unspecified atom stereocenters. The van der Waals surface area contributed by atoms with Crippen LogP contribution in [0, 0.1) is 5.82 Å². The summed E-state index contributed by atoms with van der Waals surface area (Å²) in [5, 5.41) is 7.11. The summed E-state index contributed by atoms with van der Waals surface area (Å²) >= 11 is 0. The molecule has 7 nitrogen and oxygen atoms in total. The zero-order valence-electron chi connectivity index (χ0n) is 15.5. The molecule has 2 aromatic rings. The van der Waals surface area contributed by atoms with Gasteiger partial charge in [0.1, 0.15) is 15.7 Å². The van der Waals surface area contributed by atoms with Crippen molar-refractivity contribution >= 4 is 15.7 Å². The van der Waals surface area contributed by atoms with Gasteiger partial charge in [0.25, 0.3) is 0 Å². The van der Waals surface area contributed by atoms with Crippen LogP contribution in [0.5, 0.6) is 0 Å². The van der Waals surface area contributed by atoms with Crippen molar-refractivity contribution in [2.45, 2.75) is 25.3 Å². The normalized spacial score (nSPS) is 12.7. The number of aromatic amines is 1. The van der Waals surface area contributed by atoms with Gasteiger partial charge in [-0.3, -0.25) is 9.89 Å². The van der Waals surface area contributed by atoms with Gasteiger partial charge in [-0.05, 0) is 37.5 Å². The molecule has 0 saturated carbocycles. The number of H-pyrrole nitrogens is 1. The van der Waals surface area contributed by atoms with Crippen molar-refractivity contribution in [3.05, 3.63) is 41.8 Å². The summed E-state index contributed by atoms with van der Waals surface area (Å²) in [7, 11) is -1.49. The van der Waals surface area contributed by atoms with Crippen molar-refractivity contribution in [3.63, 3.8) is 0 Å². The number of aromatic nitrogens is 2. The Bertz CT molecular complexity index is 882. The molecule has 148 valence electrons. The standard InChI is InChI=1S/C18H25FN4O3S/c1-23(18(24)16(20)8-10-27(2,25)26)9-4-7-15-12-17(22-21-15)13-5-3-6-14(19)11-13/h3,5-6,11-12,16H,4,7-10,20H2,1-2H3,(H,21,22). The van der Waals surface area contributed by atoms with Crippen molar-refractivity contribution in [3.8, 4) is 11.3 Å². The smallest absolute Gasteiger partial charge is 0.239 e. The molecular weight excluding hydrogens is 371 g/mol. The van der Waals surface area contributed by atoms with Crippen LogP contribution in [0.3, 0.4) is 0 Å². The number of benzene rings is 1. The zero-order chi connectivity index (χ0) is 20.0. The second kappa shape index (κ2) is 9.09. The Hall–Kier alpha value is -2.26. The van der Waals surface area contributed by atoms with Crippen LogP contribution in [0.15, 0.2) is 30.3 Å². The lowest BCUT2D eigenvalue weighted by atomic mass is 10.1. The van der Waals surface area contributed by atoms with Crippen molar-refractivity contribution < 1.29 is 17.6 Å². The Morgan fingerprint density at radius 2 is 2.11 bits per heavy atom. The predicted octanol–water partition coefficient (Wildman–Crippen LogP) is 1.37. The van der Waals surface area contributed by atoms with Gasteiger partial charge < -0.3 is 10.6 Å². The molecule has 0 aliphatic rings. The maximum atomic E-state index is 13.3. The lowest BCUT2D eigenvalue weighted by Crippen LogP contribution is -2.43. The number of carbonyl (C=O) groups is 1. The summed E-state index contributed by atoms with van der Waals surface area (Å²) in [6, 6.07) is 7.25. The molecule has 0 radical (unpaired) electrons. The van der Waals surface area contributed by atoms with Gasteiger partial charge in [-0.1, -0.05) is 12.1 Å². The number of aryl methyl sites for hydroxylation is 1. The lowest BCUT2D eigenvalue weighted by Gasteiger charge is -2.21. The molecule has 1 aromatic carbocycles. The molecule has 1 aromatic heterocycles. The monoisotopic (exact) mass is 396 g/mol. The summed E-state index contributed by atoms with van der Waals surface area (Å²) < 4.78 is 35.6. The highest BCUT2D eigenvalue weighted by atomic mass is 32.2. The van der Waals surface area contributed by atoms with Crippen LogP contribution >= 0.6 is 0 Å². The fourth-order valence-corrected chi connectivity index (χ4v) is 3.33. The van der Waals surface area contributed by atoms with Gasteiger partial charge in [-0.15, -0.1) is 0 Å². The second-order valence-electron chi connectivity index (χ2n) is 6.68. The molecule has 27 heavy (non-hydrogen) atoms. The summed E-state index contributed by atoms with van der Waals surface area (Å²) in [6.07, 6.45) is 2.58. The Morgan fingerprint density at radius 1 is 1.37 bits per heavy atom. The first-order valence-electron chi connectivity index (χ1n) is 8.64. The first kappa shape index (κ1) is 21.0. The van der Waals surface area contributed by atoms with Crippen LogP contribution in [0.4, 0.5) is 4.39 Å². The number of nitrogens with two attached hydrogens (primary N) is 1. The molecule has 1 heterocycles. The van der Waals surface area contributed by atoms with E-state index in [4.69, 9.17) is 5.73 Å². The van der Waals surface area contributed by atoms with Crippen molar-refractivity contribution in [1.29, 1.82) is 0 Å². The number of likely N-dealkylation sites (N-methyl/N-ethyl adjacent to an activating group) is 1. The van der Waals surface area contributed by atoms with Crippen LogP contribution < -0.4 is 5.73 Å². The van der Waals surface area contributed by atoms with E-state index in [0.717, 1.165) is 11.9 Å². The summed E-state index contributed by atoms with van der Waals surface area (Å²) in [5.41, 5.74) is 8.03. The van der Waals surface area contributed by atoms with Crippen LogP contribution in [-0.4, -0.2) is 61.1 Å². The number of hydrogen-bond donors (Lipinski definition) is 2. The summed E-state index contributed by atoms with van der Waals surface area (Å²) in [5.74, 6) is -0.696. The molecule has 1 atom stereocenters. The molecule has 1 amide bonds. The van der Waals surface area contributed by atoms with Crippen molar-refractivity contribution in [2.24, 2.45) is 5.73 Å². The topological polar surface area (TPSA) is 109 Å². The van der Waals surface area contributed by atoms with Gasteiger partial charge in [-0.2, -0.15) is 5.10 Å².